The van der Waals surface area contributed by atoms with Crippen molar-refractivity contribution < 1.29 is 4.39 Å². The Morgan fingerprint density at radius 2 is 1.87 bits per heavy atom. The summed E-state index contributed by atoms with van der Waals surface area (Å²) in [4.78, 5) is 7.42. The molecule has 0 aliphatic rings. The minimum Gasteiger partial charge on any atom is -0.345 e. The molecule has 4 heteroatoms. The van der Waals surface area contributed by atoms with Gasteiger partial charge in [0.25, 0.3) is 0 Å². The first-order valence-corrected chi connectivity index (χ1v) is 7.21. The Bertz CT molecular complexity index is 839. The lowest BCUT2D eigenvalue weighted by atomic mass is 10.0. The molecule has 0 aliphatic carbocycles. The number of nitrogens with zero attached hydrogens (tertiary/aromatic N) is 2. The van der Waals surface area contributed by atoms with Crippen LogP contribution in [0.4, 0.5) is 4.39 Å². The smallest absolute Gasteiger partial charge is 0.137 e. The molecule has 23 heavy (non-hydrogen) atoms. The van der Waals surface area contributed by atoms with Gasteiger partial charge in [0, 0.05) is 18.0 Å². The predicted molar refractivity (Wildman–Crippen MR) is 86.9 cm³/mol. The number of halogens is 1. The molecule has 0 radical (unpaired) electrons. The monoisotopic (exact) mass is 303 g/mol. The molecule has 0 amide bonds. The van der Waals surface area contributed by atoms with E-state index in [0.29, 0.717) is 12.0 Å². The second-order valence-electron chi connectivity index (χ2n) is 5.08. The van der Waals surface area contributed by atoms with Crippen LogP contribution in [-0.4, -0.2) is 9.97 Å². The molecule has 1 heterocycles. The van der Waals surface area contributed by atoms with E-state index in [2.05, 4.69) is 16.0 Å². The topological polar surface area (TPSA) is 52.5 Å². The first-order valence-electron chi connectivity index (χ1n) is 7.21. The first kappa shape index (κ1) is 14.7. The number of rotatable bonds is 4. The average molecular weight is 303 g/mol. The van der Waals surface area contributed by atoms with Gasteiger partial charge in [-0.05, 0) is 41.8 Å². The van der Waals surface area contributed by atoms with E-state index < -0.39 is 0 Å². The van der Waals surface area contributed by atoms with Gasteiger partial charge < -0.3 is 4.98 Å². The number of aromatic nitrogens is 2. The van der Waals surface area contributed by atoms with Crippen LogP contribution in [0.3, 0.4) is 0 Å². The van der Waals surface area contributed by atoms with Gasteiger partial charge in [-0.25, -0.2) is 9.37 Å². The van der Waals surface area contributed by atoms with Crippen molar-refractivity contribution in [3.05, 3.63) is 95.3 Å². The van der Waals surface area contributed by atoms with E-state index in [0.717, 1.165) is 22.5 Å². The molecule has 0 aliphatic heterocycles. The summed E-state index contributed by atoms with van der Waals surface area (Å²) in [5, 5.41) is 8.91. The Morgan fingerprint density at radius 1 is 1.13 bits per heavy atom. The van der Waals surface area contributed by atoms with E-state index in [-0.39, 0.29) is 5.82 Å². The van der Waals surface area contributed by atoms with E-state index in [1.165, 1.54) is 12.1 Å². The van der Waals surface area contributed by atoms with E-state index in [1.807, 2.05) is 18.2 Å². The summed E-state index contributed by atoms with van der Waals surface area (Å²) >= 11 is 0. The van der Waals surface area contributed by atoms with Gasteiger partial charge in [0.2, 0.25) is 0 Å². The van der Waals surface area contributed by atoms with Gasteiger partial charge in [0.05, 0.1) is 11.6 Å². The van der Waals surface area contributed by atoms with Crippen LogP contribution >= 0.6 is 0 Å². The number of nitriles is 1. The third-order valence-electron chi connectivity index (χ3n) is 3.53. The number of H-pyrrole nitrogens is 1. The summed E-state index contributed by atoms with van der Waals surface area (Å²) in [5.74, 6) is 0.521. The lowest BCUT2D eigenvalue weighted by Crippen LogP contribution is -1.93. The summed E-state index contributed by atoms with van der Waals surface area (Å²) in [7, 11) is 0. The van der Waals surface area contributed by atoms with Crippen LogP contribution in [0.25, 0.3) is 5.57 Å². The normalized spacial score (nSPS) is 11.2. The molecular formula is C19H14FN3. The van der Waals surface area contributed by atoms with Crippen LogP contribution in [0.15, 0.2) is 67.0 Å². The quantitative estimate of drug-likeness (QED) is 0.789. The molecule has 1 N–H and O–H groups in total. The van der Waals surface area contributed by atoms with Gasteiger partial charge in [-0.15, -0.1) is 0 Å². The first-order chi connectivity index (χ1) is 11.3. The second kappa shape index (κ2) is 6.71. The van der Waals surface area contributed by atoms with Crippen LogP contribution in [0, 0.1) is 17.1 Å². The molecule has 2 aromatic carbocycles. The maximum absolute atomic E-state index is 13.0. The maximum Gasteiger partial charge on any atom is 0.137 e. The molecule has 0 atom stereocenters. The number of hydrogen-bond acceptors (Lipinski definition) is 2. The highest BCUT2D eigenvalue weighted by molar-refractivity contribution is 5.76. The fourth-order valence-corrected chi connectivity index (χ4v) is 2.33. The van der Waals surface area contributed by atoms with Gasteiger partial charge in [-0.3, -0.25) is 0 Å². The Hall–Kier alpha value is -3.19. The molecule has 0 bridgehead atoms. The molecule has 0 unspecified atom stereocenters. The van der Waals surface area contributed by atoms with Gasteiger partial charge >= 0.3 is 0 Å². The molecular weight excluding hydrogens is 289 g/mol. The summed E-state index contributed by atoms with van der Waals surface area (Å²) in [6.45, 7) is 0. The largest absolute Gasteiger partial charge is 0.345 e. The summed E-state index contributed by atoms with van der Waals surface area (Å²) in [6, 6.07) is 15.9. The number of nitrogens with one attached hydrogen (secondary N) is 1. The fraction of sp³-hybridized carbons (Fsp3) is 0.0526. The average Bonchev–Trinajstić information content (AvgIpc) is 3.12. The second-order valence-corrected chi connectivity index (χ2v) is 5.08. The van der Waals surface area contributed by atoms with Crippen molar-refractivity contribution in [3.63, 3.8) is 0 Å². The standard InChI is InChI=1S/C19H14FN3/c20-17-8-3-14(4-9-17)5-10-18(19-22-11-12-23-19)16-6-1-15(13-21)2-7-16/h1-4,6-12H,5H2,(H,22,23). The van der Waals surface area contributed by atoms with E-state index in [1.54, 1.807) is 36.7 Å². The minimum atomic E-state index is -0.240. The Balaban J connectivity index is 1.93. The summed E-state index contributed by atoms with van der Waals surface area (Å²) in [5.41, 5.74) is 3.56. The number of imidazole rings is 1. The summed E-state index contributed by atoms with van der Waals surface area (Å²) < 4.78 is 13.0. The van der Waals surface area contributed by atoms with Crippen LogP contribution in [0.2, 0.25) is 0 Å². The molecule has 0 fully saturated rings. The van der Waals surface area contributed by atoms with Crippen molar-refractivity contribution in [3.8, 4) is 6.07 Å². The lowest BCUT2D eigenvalue weighted by Gasteiger charge is -2.06. The molecule has 1 aromatic heterocycles. The molecule has 0 spiro atoms. The number of allylic oxidation sites excluding steroid dienone is 1. The molecule has 3 aromatic rings. The van der Waals surface area contributed by atoms with Crippen LogP contribution in [0.1, 0.15) is 22.5 Å². The third-order valence-corrected chi connectivity index (χ3v) is 3.53. The van der Waals surface area contributed by atoms with Gasteiger partial charge in [0.1, 0.15) is 11.6 Å². The predicted octanol–water partition coefficient (Wildman–Crippen LogP) is 4.09. The molecule has 3 nitrogen and oxygen atoms in total. The van der Waals surface area contributed by atoms with Crippen molar-refractivity contribution >= 4 is 5.57 Å². The van der Waals surface area contributed by atoms with Crippen molar-refractivity contribution in [2.75, 3.05) is 0 Å². The van der Waals surface area contributed by atoms with Gasteiger partial charge in [-0.2, -0.15) is 5.26 Å². The lowest BCUT2D eigenvalue weighted by molar-refractivity contribution is 0.627. The van der Waals surface area contributed by atoms with Gasteiger partial charge in [-0.1, -0.05) is 30.3 Å². The Kier molecular flexibility index (Phi) is 4.30. The fourth-order valence-electron chi connectivity index (χ4n) is 2.33. The van der Waals surface area contributed by atoms with Crippen molar-refractivity contribution in [2.24, 2.45) is 0 Å². The molecule has 0 saturated carbocycles. The zero-order chi connectivity index (χ0) is 16.1. The van der Waals surface area contributed by atoms with E-state index in [4.69, 9.17) is 5.26 Å². The van der Waals surface area contributed by atoms with Crippen molar-refractivity contribution in [2.45, 2.75) is 6.42 Å². The summed E-state index contributed by atoms with van der Waals surface area (Å²) in [6.07, 6.45) is 6.18. The SMILES string of the molecule is N#Cc1ccc(C(=CCc2ccc(F)cc2)c2ncc[nH]2)cc1. The minimum absolute atomic E-state index is 0.240. The maximum atomic E-state index is 13.0. The Morgan fingerprint density at radius 3 is 2.48 bits per heavy atom. The number of benzene rings is 2. The molecule has 3 rings (SSSR count). The Labute approximate surface area is 133 Å². The van der Waals surface area contributed by atoms with Crippen molar-refractivity contribution in [1.29, 1.82) is 5.26 Å². The van der Waals surface area contributed by atoms with Crippen LogP contribution in [0.5, 0.6) is 0 Å². The number of hydrogen-bond donors (Lipinski definition) is 1. The molecule has 112 valence electrons. The highest BCUT2D eigenvalue weighted by atomic mass is 19.1. The van der Waals surface area contributed by atoms with Crippen molar-refractivity contribution in [1.82, 2.24) is 9.97 Å². The van der Waals surface area contributed by atoms with Crippen LogP contribution < -0.4 is 0 Å². The van der Waals surface area contributed by atoms with E-state index >= 15 is 0 Å². The molecule has 0 saturated heterocycles. The highest BCUT2D eigenvalue weighted by Crippen LogP contribution is 2.22. The highest BCUT2D eigenvalue weighted by Gasteiger charge is 2.07. The van der Waals surface area contributed by atoms with E-state index in [9.17, 15) is 4.39 Å². The van der Waals surface area contributed by atoms with Gasteiger partial charge in [0.15, 0.2) is 0 Å². The zero-order valence-electron chi connectivity index (χ0n) is 12.3. The third kappa shape index (κ3) is 3.53. The zero-order valence-corrected chi connectivity index (χ0v) is 12.3. The van der Waals surface area contributed by atoms with Crippen LogP contribution in [-0.2, 0) is 6.42 Å². The number of aromatic amines is 1.